The fraction of sp³-hybridized carbons (Fsp3) is 0.438. The Morgan fingerprint density at radius 1 is 1.28 bits per heavy atom. The molecule has 3 rings (SSSR count). The van der Waals surface area contributed by atoms with Gasteiger partial charge in [0.05, 0.1) is 0 Å². The molecule has 1 fully saturated rings. The summed E-state index contributed by atoms with van der Waals surface area (Å²) >= 11 is 0. The highest BCUT2D eigenvalue weighted by molar-refractivity contribution is 5.81. The first-order valence-electron chi connectivity index (χ1n) is 6.87. The van der Waals surface area contributed by atoms with Gasteiger partial charge in [0.25, 0.3) is 0 Å². The number of nitrogens with zero attached hydrogens (tertiary/aromatic N) is 1. The summed E-state index contributed by atoms with van der Waals surface area (Å²) < 4.78 is 0. The van der Waals surface area contributed by atoms with Crippen molar-refractivity contribution in [2.24, 2.45) is 5.92 Å². The molecule has 0 spiro atoms. The highest BCUT2D eigenvalue weighted by Gasteiger charge is 2.23. The SMILES string of the molecule is CC(CC1CC1)NCc1ccc2cnccc2c1. The fourth-order valence-corrected chi connectivity index (χ4v) is 2.47. The van der Waals surface area contributed by atoms with E-state index in [9.17, 15) is 0 Å². The number of pyridine rings is 1. The molecule has 1 atom stereocenters. The zero-order valence-corrected chi connectivity index (χ0v) is 10.9. The first-order chi connectivity index (χ1) is 8.81. The van der Waals surface area contributed by atoms with E-state index >= 15 is 0 Å². The van der Waals surface area contributed by atoms with E-state index in [1.165, 1.54) is 35.6 Å². The number of rotatable bonds is 5. The van der Waals surface area contributed by atoms with Crippen molar-refractivity contribution < 1.29 is 0 Å². The molecule has 2 aromatic rings. The lowest BCUT2D eigenvalue weighted by Crippen LogP contribution is -2.25. The van der Waals surface area contributed by atoms with Crippen molar-refractivity contribution in [2.45, 2.75) is 38.8 Å². The number of benzene rings is 1. The lowest BCUT2D eigenvalue weighted by Gasteiger charge is -2.13. The summed E-state index contributed by atoms with van der Waals surface area (Å²) in [4.78, 5) is 4.14. The Hall–Kier alpha value is -1.41. The van der Waals surface area contributed by atoms with Crippen molar-refractivity contribution in [3.8, 4) is 0 Å². The van der Waals surface area contributed by atoms with E-state index in [1.54, 1.807) is 0 Å². The average Bonchev–Trinajstić information content (AvgIpc) is 3.20. The molecule has 0 aliphatic heterocycles. The molecule has 0 bridgehead atoms. The van der Waals surface area contributed by atoms with Crippen LogP contribution >= 0.6 is 0 Å². The second kappa shape index (κ2) is 5.07. The molecule has 1 saturated carbocycles. The van der Waals surface area contributed by atoms with E-state index in [1.807, 2.05) is 12.4 Å². The van der Waals surface area contributed by atoms with Crippen molar-refractivity contribution in [1.29, 1.82) is 0 Å². The maximum atomic E-state index is 4.14. The number of aromatic nitrogens is 1. The monoisotopic (exact) mass is 240 g/mol. The van der Waals surface area contributed by atoms with Crippen LogP contribution in [0, 0.1) is 5.92 Å². The van der Waals surface area contributed by atoms with Crippen LogP contribution in [0.15, 0.2) is 36.7 Å². The molecule has 1 aliphatic carbocycles. The summed E-state index contributed by atoms with van der Waals surface area (Å²) in [5, 5.41) is 6.11. The highest BCUT2D eigenvalue weighted by atomic mass is 14.9. The van der Waals surface area contributed by atoms with Crippen LogP contribution in [-0.4, -0.2) is 11.0 Å². The molecule has 1 aromatic heterocycles. The van der Waals surface area contributed by atoms with E-state index in [0.29, 0.717) is 6.04 Å². The highest BCUT2D eigenvalue weighted by Crippen LogP contribution is 2.33. The van der Waals surface area contributed by atoms with E-state index in [2.05, 4.69) is 41.5 Å². The third-order valence-electron chi connectivity index (χ3n) is 3.74. The molecule has 2 nitrogen and oxygen atoms in total. The molecule has 2 heteroatoms. The van der Waals surface area contributed by atoms with Crippen LogP contribution in [0.4, 0.5) is 0 Å². The first kappa shape index (κ1) is 11.7. The Morgan fingerprint density at radius 2 is 2.17 bits per heavy atom. The second-order valence-electron chi connectivity index (χ2n) is 5.52. The van der Waals surface area contributed by atoms with Gasteiger partial charge in [-0.1, -0.05) is 25.0 Å². The van der Waals surface area contributed by atoms with Gasteiger partial charge in [0.1, 0.15) is 0 Å². The van der Waals surface area contributed by atoms with Crippen molar-refractivity contribution in [1.82, 2.24) is 10.3 Å². The Labute approximate surface area is 108 Å². The molecule has 1 N–H and O–H groups in total. The minimum absolute atomic E-state index is 0.630. The fourth-order valence-electron chi connectivity index (χ4n) is 2.47. The third kappa shape index (κ3) is 2.88. The van der Waals surface area contributed by atoms with Crippen molar-refractivity contribution in [2.75, 3.05) is 0 Å². The molecule has 1 aromatic carbocycles. The Bertz CT molecular complexity index is 531. The lowest BCUT2D eigenvalue weighted by atomic mass is 10.1. The number of fused-ring (bicyclic) bond motifs is 1. The number of hydrogen-bond donors (Lipinski definition) is 1. The molecule has 1 aliphatic rings. The minimum atomic E-state index is 0.630. The third-order valence-corrected chi connectivity index (χ3v) is 3.74. The van der Waals surface area contributed by atoms with Crippen molar-refractivity contribution >= 4 is 10.8 Å². The van der Waals surface area contributed by atoms with Gasteiger partial charge in [-0.25, -0.2) is 0 Å². The molecule has 0 saturated heterocycles. The largest absolute Gasteiger partial charge is 0.310 e. The van der Waals surface area contributed by atoms with Gasteiger partial charge < -0.3 is 5.32 Å². The van der Waals surface area contributed by atoms with Crippen LogP contribution < -0.4 is 5.32 Å². The van der Waals surface area contributed by atoms with Gasteiger partial charge in [0.15, 0.2) is 0 Å². The van der Waals surface area contributed by atoms with Crippen LogP contribution in [0.3, 0.4) is 0 Å². The lowest BCUT2D eigenvalue weighted by molar-refractivity contribution is 0.488. The van der Waals surface area contributed by atoms with Gasteiger partial charge in [0, 0.05) is 30.4 Å². The summed E-state index contributed by atoms with van der Waals surface area (Å²) in [7, 11) is 0. The summed E-state index contributed by atoms with van der Waals surface area (Å²) in [6.45, 7) is 3.26. The van der Waals surface area contributed by atoms with Crippen LogP contribution in [0.2, 0.25) is 0 Å². The zero-order valence-electron chi connectivity index (χ0n) is 10.9. The maximum Gasteiger partial charge on any atom is 0.0346 e. The molecule has 1 unspecified atom stereocenters. The van der Waals surface area contributed by atoms with Crippen molar-refractivity contribution in [3.63, 3.8) is 0 Å². The molecule has 0 radical (unpaired) electrons. The quantitative estimate of drug-likeness (QED) is 0.865. The Balaban J connectivity index is 1.62. The second-order valence-corrected chi connectivity index (χ2v) is 5.52. The Morgan fingerprint density at radius 3 is 3.00 bits per heavy atom. The molecule has 94 valence electrons. The number of nitrogens with one attached hydrogen (secondary N) is 1. The van der Waals surface area contributed by atoms with Crippen LogP contribution in [0.1, 0.15) is 31.7 Å². The van der Waals surface area contributed by atoms with Crippen LogP contribution in [-0.2, 0) is 6.54 Å². The van der Waals surface area contributed by atoms with Crippen molar-refractivity contribution in [3.05, 3.63) is 42.2 Å². The van der Waals surface area contributed by atoms with E-state index in [0.717, 1.165) is 12.5 Å². The molecule has 1 heterocycles. The maximum absolute atomic E-state index is 4.14. The molecular weight excluding hydrogens is 220 g/mol. The van der Waals surface area contributed by atoms with Gasteiger partial charge >= 0.3 is 0 Å². The van der Waals surface area contributed by atoms with E-state index < -0.39 is 0 Å². The number of hydrogen-bond acceptors (Lipinski definition) is 2. The first-order valence-corrected chi connectivity index (χ1v) is 6.87. The predicted octanol–water partition coefficient (Wildman–Crippen LogP) is 3.51. The van der Waals surface area contributed by atoms with Gasteiger partial charge in [-0.3, -0.25) is 4.98 Å². The normalized spacial score (nSPS) is 16.9. The summed E-state index contributed by atoms with van der Waals surface area (Å²) in [6, 6.07) is 9.32. The van der Waals surface area contributed by atoms with E-state index in [-0.39, 0.29) is 0 Å². The zero-order chi connectivity index (χ0) is 12.4. The van der Waals surface area contributed by atoms with Gasteiger partial charge in [0.2, 0.25) is 0 Å². The van der Waals surface area contributed by atoms with Crippen LogP contribution in [0.25, 0.3) is 10.8 Å². The van der Waals surface area contributed by atoms with Gasteiger partial charge in [-0.05, 0) is 42.3 Å². The summed E-state index contributed by atoms with van der Waals surface area (Å²) in [5.74, 6) is 0.996. The molecule has 18 heavy (non-hydrogen) atoms. The minimum Gasteiger partial charge on any atom is -0.310 e. The van der Waals surface area contributed by atoms with Gasteiger partial charge in [-0.2, -0.15) is 0 Å². The summed E-state index contributed by atoms with van der Waals surface area (Å²) in [5.41, 5.74) is 1.36. The average molecular weight is 240 g/mol. The molecular formula is C16H20N2. The van der Waals surface area contributed by atoms with E-state index in [4.69, 9.17) is 0 Å². The van der Waals surface area contributed by atoms with Gasteiger partial charge in [-0.15, -0.1) is 0 Å². The predicted molar refractivity (Wildman–Crippen MR) is 75.4 cm³/mol. The Kier molecular flexibility index (Phi) is 3.28. The summed E-state index contributed by atoms with van der Waals surface area (Å²) in [6.07, 6.45) is 7.99. The van der Waals surface area contributed by atoms with Crippen LogP contribution in [0.5, 0.6) is 0 Å². The molecule has 0 amide bonds. The standard InChI is InChI=1S/C16H20N2/c1-12(8-13-2-3-13)18-10-14-4-5-16-11-17-7-6-15(16)9-14/h4-7,9,11-13,18H,2-3,8,10H2,1H3. The topological polar surface area (TPSA) is 24.9 Å². The smallest absolute Gasteiger partial charge is 0.0346 e.